The molecule has 1 aliphatic heterocycles. The van der Waals surface area contributed by atoms with Gasteiger partial charge in [-0.05, 0) is 47.5 Å². The minimum atomic E-state index is 0.236. The van der Waals surface area contributed by atoms with Crippen LogP contribution in [0.5, 0.6) is 28.9 Å². The van der Waals surface area contributed by atoms with Gasteiger partial charge < -0.3 is 23.5 Å². The molecule has 0 amide bonds. The summed E-state index contributed by atoms with van der Waals surface area (Å²) in [6, 6.07) is 23.4. The normalized spacial score (nSPS) is 11.9. The Morgan fingerprint density at radius 1 is 0.889 bits per heavy atom. The summed E-state index contributed by atoms with van der Waals surface area (Å²) in [6.07, 6.45) is 7.54. The molecule has 36 heavy (non-hydrogen) atoms. The maximum absolute atomic E-state index is 6.18. The number of hydrogen-bond acceptors (Lipinski definition) is 7. The third kappa shape index (κ3) is 4.83. The number of aromatic nitrogens is 4. The molecule has 0 bridgehead atoms. The molecule has 8 nitrogen and oxygen atoms in total. The molecule has 3 aromatic carbocycles. The Hall–Kier alpha value is -4.85. The average molecular weight is 479 g/mol. The van der Waals surface area contributed by atoms with Crippen LogP contribution in [0.3, 0.4) is 0 Å². The number of fused-ring (bicyclic) bond motifs is 1. The molecule has 0 spiro atoms. The van der Waals surface area contributed by atoms with Crippen molar-refractivity contribution < 1.29 is 18.9 Å². The third-order valence-corrected chi connectivity index (χ3v) is 5.66. The van der Waals surface area contributed by atoms with Crippen molar-refractivity contribution >= 4 is 0 Å². The van der Waals surface area contributed by atoms with Crippen LogP contribution in [0.25, 0.3) is 5.69 Å². The van der Waals surface area contributed by atoms with Crippen molar-refractivity contribution in [2.45, 2.75) is 13.0 Å². The second-order valence-electron chi connectivity index (χ2n) is 8.16. The first-order valence-corrected chi connectivity index (χ1v) is 11.5. The zero-order valence-corrected chi connectivity index (χ0v) is 19.3. The Kier molecular flexibility index (Phi) is 5.89. The molecule has 1 aliphatic rings. The number of rotatable bonds is 8. The monoisotopic (exact) mass is 478 g/mol. The van der Waals surface area contributed by atoms with Gasteiger partial charge in [0.1, 0.15) is 18.2 Å². The molecule has 0 saturated carbocycles. The number of benzene rings is 3. The van der Waals surface area contributed by atoms with Gasteiger partial charge in [-0.1, -0.05) is 36.4 Å². The highest BCUT2D eigenvalue weighted by Crippen LogP contribution is 2.34. The van der Waals surface area contributed by atoms with Crippen molar-refractivity contribution in [3.8, 4) is 34.6 Å². The summed E-state index contributed by atoms with van der Waals surface area (Å²) in [6.45, 7) is 0.613. The molecular weight excluding hydrogens is 456 g/mol. The van der Waals surface area contributed by atoms with Crippen LogP contribution >= 0.6 is 0 Å². The Bertz CT molecular complexity index is 1460. The van der Waals surface area contributed by atoms with Crippen molar-refractivity contribution in [2.75, 3.05) is 6.79 Å². The van der Waals surface area contributed by atoms with Crippen LogP contribution in [0.1, 0.15) is 17.0 Å². The number of imidazole rings is 1. The molecular formula is C28H22N4O4. The van der Waals surface area contributed by atoms with Crippen LogP contribution in [0.4, 0.5) is 0 Å². The number of ether oxygens (including phenoxy) is 4. The van der Waals surface area contributed by atoms with Crippen molar-refractivity contribution in [1.82, 2.24) is 19.5 Å². The SMILES string of the molecule is c1ccc(COc2cnc(Cc3ccc4c(c3)OCO4)nc2Oc2ccc(-n3ccnc3)cc2)cc1. The molecule has 2 aromatic heterocycles. The van der Waals surface area contributed by atoms with Crippen LogP contribution in [-0.2, 0) is 13.0 Å². The van der Waals surface area contributed by atoms with Gasteiger partial charge in [0.2, 0.25) is 12.5 Å². The molecule has 6 rings (SSSR count). The van der Waals surface area contributed by atoms with Gasteiger partial charge >= 0.3 is 0 Å². The Balaban J connectivity index is 1.25. The molecule has 0 saturated heterocycles. The quantitative estimate of drug-likeness (QED) is 0.297. The lowest BCUT2D eigenvalue weighted by Gasteiger charge is -2.13. The maximum Gasteiger partial charge on any atom is 0.265 e. The van der Waals surface area contributed by atoms with E-state index in [9.17, 15) is 0 Å². The van der Waals surface area contributed by atoms with Gasteiger partial charge in [-0.25, -0.2) is 9.97 Å². The van der Waals surface area contributed by atoms with Crippen molar-refractivity contribution in [1.29, 1.82) is 0 Å². The summed E-state index contributed by atoms with van der Waals surface area (Å²) in [5, 5.41) is 0. The van der Waals surface area contributed by atoms with E-state index in [-0.39, 0.29) is 6.79 Å². The van der Waals surface area contributed by atoms with Crippen LogP contribution < -0.4 is 18.9 Å². The smallest absolute Gasteiger partial charge is 0.265 e. The summed E-state index contributed by atoms with van der Waals surface area (Å²) < 4.78 is 25.0. The molecule has 0 aliphatic carbocycles. The zero-order chi connectivity index (χ0) is 24.2. The van der Waals surface area contributed by atoms with Gasteiger partial charge in [0, 0.05) is 24.5 Å². The Morgan fingerprint density at radius 2 is 1.75 bits per heavy atom. The van der Waals surface area contributed by atoms with E-state index < -0.39 is 0 Å². The summed E-state index contributed by atoms with van der Waals surface area (Å²) >= 11 is 0. The van der Waals surface area contributed by atoms with Gasteiger partial charge in [0.25, 0.3) is 5.88 Å². The largest absolute Gasteiger partial charge is 0.482 e. The Labute approximate surface area is 207 Å². The molecule has 0 N–H and O–H groups in total. The van der Waals surface area contributed by atoms with Crippen LogP contribution in [0.15, 0.2) is 97.7 Å². The predicted octanol–water partition coefficient (Wildman–Crippen LogP) is 5.35. The summed E-state index contributed by atoms with van der Waals surface area (Å²) in [5.41, 5.74) is 3.02. The standard InChI is InChI=1S/C28H22N4O4/c1-2-4-20(5-3-1)17-33-26-16-30-27(15-21-6-11-24-25(14-21)35-19-34-24)31-28(26)36-23-9-7-22(8-10-23)32-13-12-29-18-32/h1-14,16,18H,15,17,19H2. The highest BCUT2D eigenvalue weighted by molar-refractivity contribution is 5.45. The van der Waals surface area contributed by atoms with E-state index >= 15 is 0 Å². The van der Waals surface area contributed by atoms with Crippen molar-refractivity contribution in [3.63, 3.8) is 0 Å². The van der Waals surface area contributed by atoms with E-state index in [4.69, 9.17) is 23.9 Å². The molecule has 0 unspecified atom stereocenters. The van der Waals surface area contributed by atoms with E-state index in [1.54, 1.807) is 18.7 Å². The zero-order valence-electron chi connectivity index (χ0n) is 19.3. The first kappa shape index (κ1) is 21.7. The van der Waals surface area contributed by atoms with Crippen LogP contribution in [0, 0.1) is 0 Å². The van der Waals surface area contributed by atoms with E-state index in [2.05, 4.69) is 9.97 Å². The van der Waals surface area contributed by atoms with E-state index in [0.717, 1.165) is 28.3 Å². The van der Waals surface area contributed by atoms with Crippen LogP contribution in [0.2, 0.25) is 0 Å². The maximum atomic E-state index is 6.18. The lowest BCUT2D eigenvalue weighted by Crippen LogP contribution is -2.03. The van der Waals surface area contributed by atoms with Gasteiger partial charge in [-0.3, -0.25) is 0 Å². The topological polar surface area (TPSA) is 80.5 Å². The van der Waals surface area contributed by atoms with E-state index in [1.807, 2.05) is 83.6 Å². The first-order valence-electron chi connectivity index (χ1n) is 11.5. The predicted molar refractivity (Wildman–Crippen MR) is 132 cm³/mol. The average Bonchev–Trinajstić information content (AvgIpc) is 3.62. The summed E-state index contributed by atoms with van der Waals surface area (Å²) in [4.78, 5) is 13.3. The minimum Gasteiger partial charge on any atom is -0.482 e. The first-order chi connectivity index (χ1) is 17.8. The second-order valence-corrected chi connectivity index (χ2v) is 8.16. The fraction of sp³-hybridized carbons (Fsp3) is 0.107. The molecule has 0 atom stereocenters. The fourth-order valence-corrected chi connectivity index (χ4v) is 3.83. The lowest BCUT2D eigenvalue weighted by atomic mass is 10.1. The lowest BCUT2D eigenvalue weighted by molar-refractivity contribution is 0.174. The highest BCUT2D eigenvalue weighted by Gasteiger charge is 2.16. The van der Waals surface area contributed by atoms with E-state index in [0.29, 0.717) is 36.2 Å². The molecule has 8 heteroatoms. The van der Waals surface area contributed by atoms with Crippen LogP contribution in [-0.4, -0.2) is 26.3 Å². The number of hydrogen-bond donors (Lipinski definition) is 0. The van der Waals surface area contributed by atoms with E-state index in [1.165, 1.54) is 0 Å². The fourth-order valence-electron chi connectivity index (χ4n) is 3.83. The molecule has 3 heterocycles. The second kappa shape index (κ2) is 9.79. The molecule has 178 valence electrons. The van der Waals surface area contributed by atoms with Gasteiger partial charge in [-0.15, -0.1) is 0 Å². The Morgan fingerprint density at radius 3 is 2.58 bits per heavy atom. The summed E-state index contributed by atoms with van der Waals surface area (Å²) in [5.74, 6) is 3.53. The number of nitrogens with zero attached hydrogens (tertiary/aromatic N) is 4. The summed E-state index contributed by atoms with van der Waals surface area (Å²) in [7, 11) is 0. The van der Waals surface area contributed by atoms with Crippen molar-refractivity contribution in [2.24, 2.45) is 0 Å². The van der Waals surface area contributed by atoms with Gasteiger partial charge in [0.05, 0.1) is 12.5 Å². The van der Waals surface area contributed by atoms with Crippen molar-refractivity contribution in [3.05, 3.63) is 115 Å². The highest BCUT2D eigenvalue weighted by atomic mass is 16.7. The molecule has 5 aromatic rings. The molecule has 0 radical (unpaired) electrons. The van der Waals surface area contributed by atoms with Gasteiger partial charge in [-0.2, -0.15) is 4.98 Å². The third-order valence-electron chi connectivity index (χ3n) is 5.66. The molecule has 0 fully saturated rings. The minimum absolute atomic E-state index is 0.236. The van der Waals surface area contributed by atoms with Gasteiger partial charge in [0.15, 0.2) is 11.5 Å².